The highest BCUT2D eigenvalue weighted by atomic mass is 19.4. The van der Waals surface area contributed by atoms with E-state index in [1.807, 2.05) is 0 Å². The molecule has 2 rings (SSSR count). The molecule has 7 nitrogen and oxygen atoms in total. The first kappa shape index (κ1) is 21.9. The lowest BCUT2D eigenvalue weighted by atomic mass is 10.2. The van der Waals surface area contributed by atoms with Crippen LogP contribution in [0.15, 0.2) is 41.5 Å². The third-order valence-electron chi connectivity index (χ3n) is 3.67. The molecule has 2 aromatic rings. The number of methoxy groups -OCH3 is 3. The molecule has 0 aliphatic rings. The molecule has 0 fully saturated rings. The number of hydrazone groups is 1. The number of alkyl halides is 3. The average Bonchev–Trinajstić information content (AvgIpc) is 2.71. The number of rotatable bonds is 8. The number of carbonyl (C=O) groups excluding carboxylic acids is 1. The molecule has 10 heteroatoms. The Kier molecular flexibility index (Phi) is 7.29. The zero-order valence-corrected chi connectivity index (χ0v) is 15.9. The smallest absolute Gasteiger partial charge is 0.416 e. The largest absolute Gasteiger partial charge is 0.496 e. The van der Waals surface area contributed by atoms with E-state index in [0.717, 1.165) is 12.1 Å². The van der Waals surface area contributed by atoms with Crippen molar-refractivity contribution < 1.29 is 36.9 Å². The first-order chi connectivity index (χ1) is 13.8. The number of hydrogen-bond donors (Lipinski definition) is 1. The van der Waals surface area contributed by atoms with Gasteiger partial charge in [0, 0.05) is 12.1 Å². The molecule has 1 N–H and O–H groups in total. The lowest BCUT2D eigenvalue weighted by Crippen LogP contribution is -2.24. The number of hydrogen-bond acceptors (Lipinski definition) is 6. The summed E-state index contributed by atoms with van der Waals surface area (Å²) in [6, 6.07) is 7.46. The minimum absolute atomic E-state index is 0.0857. The van der Waals surface area contributed by atoms with Gasteiger partial charge in [-0.15, -0.1) is 0 Å². The van der Waals surface area contributed by atoms with Gasteiger partial charge in [-0.05, 0) is 18.2 Å². The first-order valence-electron chi connectivity index (χ1n) is 8.20. The third-order valence-corrected chi connectivity index (χ3v) is 3.67. The van der Waals surface area contributed by atoms with E-state index >= 15 is 0 Å². The summed E-state index contributed by atoms with van der Waals surface area (Å²) >= 11 is 0. The van der Waals surface area contributed by atoms with Crippen LogP contribution in [-0.2, 0) is 11.0 Å². The Morgan fingerprint density at radius 2 is 1.69 bits per heavy atom. The van der Waals surface area contributed by atoms with Gasteiger partial charge in [-0.2, -0.15) is 18.3 Å². The van der Waals surface area contributed by atoms with Crippen LogP contribution in [0.4, 0.5) is 13.2 Å². The Labute approximate surface area is 165 Å². The van der Waals surface area contributed by atoms with Crippen LogP contribution in [0.3, 0.4) is 0 Å². The lowest BCUT2D eigenvalue weighted by molar-refractivity contribution is -0.137. The Balaban J connectivity index is 2.00. The molecule has 0 saturated heterocycles. The standard InChI is InChI=1S/C19H19F3N2O5/c1-26-14-8-16(27-2)15(17(9-14)28-3)10-23-24-18(25)11-29-13-6-4-5-12(7-13)19(20,21)22/h4-10H,11H2,1-3H3,(H,24,25)/b23-10+. The molecular formula is C19H19F3N2O5. The Morgan fingerprint density at radius 3 is 2.24 bits per heavy atom. The minimum atomic E-state index is -4.50. The van der Waals surface area contributed by atoms with Crippen LogP contribution in [0, 0.1) is 0 Å². The fourth-order valence-electron chi connectivity index (χ4n) is 2.27. The molecule has 0 saturated carbocycles. The van der Waals surface area contributed by atoms with Gasteiger partial charge >= 0.3 is 6.18 Å². The molecule has 0 heterocycles. The van der Waals surface area contributed by atoms with Crippen molar-refractivity contribution in [2.75, 3.05) is 27.9 Å². The Morgan fingerprint density at radius 1 is 1.03 bits per heavy atom. The molecule has 0 spiro atoms. The normalized spacial score (nSPS) is 11.2. The molecule has 0 radical (unpaired) electrons. The van der Waals surface area contributed by atoms with Crippen molar-refractivity contribution in [2.24, 2.45) is 5.10 Å². The molecule has 1 amide bonds. The minimum Gasteiger partial charge on any atom is -0.496 e. The van der Waals surface area contributed by atoms with Crippen molar-refractivity contribution in [2.45, 2.75) is 6.18 Å². The van der Waals surface area contributed by atoms with Crippen LogP contribution in [0.25, 0.3) is 0 Å². The molecular weight excluding hydrogens is 393 g/mol. The van der Waals surface area contributed by atoms with Crippen molar-refractivity contribution in [3.05, 3.63) is 47.5 Å². The summed E-state index contributed by atoms with van der Waals surface area (Å²) in [7, 11) is 4.40. The summed E-state index contributed by atoms with van der Waals surface area (Å²) in [4.78, 5) is 11.8. The van der Waals surface area contributed by atoms with Crippen LogP contribution in [0.5, 0.6) is 23.0 Å². The van der Waals surface area contributed by atoms with E-state index in [-0.39, 0.29) is 5.75 Å². The molecule has 0 atom stereocenters. The first-order valence-corrected chi connectivity index (χ1v) is 8.20. The van der Waals surface area contributed by atoms with Crippen LogP contribution in [0.1, 0.15) is 11.1 Å². The van der Waals surface area contributed by atoms with Crippen molar-refractivity contribution in [3.8, 4) is 23.0 Å². The van der Waals surface area contributed by atoms with Crippen molar-refractivity contribution in [1.82, 2.24) is 5.43 Å². The predicted octanol–water partition coefficient (Wildman–Crippen LogP) is 3.26. The van der Waals surface area contributed by atoms with Gasteiger partial charge in [-0.3, -0.25) is 4.79 Å². The second kappa shape index (κ2) is 9.67. The second-order valence-electron chi connectivity index (χ2n) is 5.55. The predicted molar refractivity (Wildman–Crippen MR) is 98.8 cm³/mol. The second-order valence-corrected chi connectivity index (χ2v) is 5.55. The van der Waals surface area contributed by atoms with Gasteiger partial charge in [0.05, 0.1) is 38.7 Å². The summed E-state index contributed by atoms with van der Waals surface area (Å²) in [6.45, 7) is -0.518. The lowest BCUT2D eigenvalue weighted by Gasteiger charge is -2.12. The maximum absolute atomic E-state index is 12.7. The van der Waals surface area contributed by atoms with Crippen molar-refractivity contribution in [3.63, 3.8) is 0 Å². The number of amides is 1. The van der Waals surface area contributed by atoms with Gasteiger partial charge < -0.3 is 18.9 Å². The highest BCUT2D eigenvalue weighted by molar-refractivity contribution is 5.89. The van der Waals surface area contributed by atoms with E-state index in [0.29, 0.717) is 22.8 Å². The average molecular weight is 412 g/mol. The van der Waals surface area contributed by atoms with E-state index in [1.165, 1.54) is 39.7 Å². The maximum atomic E-state index is 12.7. The van der Waals surface area contributed by atoms with Crippen molar-refractivity contribution >= 4 is 12.1 Å². The monoisotopic (exact) mass is 412 g/mol. The summed E-state index contributed by atoms with van der Waals surface area (Å²) in [6.07, 6.45) is -3.19. The van der Waals surface area contributed by atoms with Crippen molar-refractivity contribution in [1.29, 1.82) is 0 Å². The number of ether oxygens (including phenoxy) is 4. The summed E-state index contributed by atoms with van der Waals surface area (Å²) in [5, 5.41) is 3.80. The number of nitrogens with one attached hydrogen (secondary N) is 1. The number of benzene rings is 2. The number of nitrogens with zero attached hydrogens (tertiary/aromatic N) is 1. The quantitative estimate of drug-likeness (QED) is 0.532. The van der Waals surface area contributed by atoms with Gasteiger partial charge in [-0.25, -0.2) is 5.43 Å². The number of halogens is 3. The van der Waals surface area contributed by atoms with Gasteiger partial charge in [0.1, 0.15) is 23.0 Å². The topological polar surface area (TPSA) is 78.4 Å². The third kappa shape index (κ3) is 6.03. The van der Waals surface area contributed by atoms with E-state index in [1.54, 1.807) is 12.1 Å². The zero-order valence-electron chi connectivity index (χ0n) is 15.9. The van der Waals surface area contributed by atoms with E-state index in [4.69, 9.17) is 18.9 Å². The van der Waals surface area contributed by atoms with E-state index in [9.17, 15) is 18.0 Å². The highest BCUT2D eigenvalue weighted by Gasteiger charge is 2.30. The van der Waals surface area contributed by atoms with Gasteiger partial charge in [-0.1, -0.05) is 6.07 Å². The maximum Gasteiger partial charge on any atom is 0.416 e. The molecule has 0 unspecified atom stereocenters. The highest BCUT2D eigenvalue weighted by Crippen LogP contribution is 2.33. The molecule has 0 bridgehead atoms. The molecule has 0 aromatic heterocycles. The molecule has 29 heavy (non-hydrogen) atoms. The summed E-state index contributed by atoms with van der Waals surface area (Å²) < 4.78 is 58.8. The molecule has 0 aliphatic heterocycles. The molecule has 2 aromatic carbocycles. The van der Waals surface area contributed by atoms with E-state index in [2.05, 4.69) is 10.5 Å². The number of carbonyl (C=O) groups is 1. The van der Waals surface area contributed by atoms with Crippen LogP contribution < -0.4 is 24.4 Å². The fourth-order valence-corrected chi connectivity index (χ4v) is 2.27. The van der Waals surface area contributed by atoms with Gasteiger partial charge in [0.15, 0.2) is 6.61 Å². The Hall–Kier alpha value is -3.43. The van der Waals surface area contributed by atoms with Gasteiger partial charge in [0.25, 0.3) is 5.91 Å². The zero-order chi connectivity index (χ0) is 21.4. The van der Waals surface area contributed by atoms with Crippen LogP contribution in [0.2, 0.25) is 0 Å². The summed E-state index contributed by atoms with van der Waals surface area (Å²) in [5.41, 5.74) is 1.80. The summed E-state index contributed by atoms with van der Waals surface area (Å²) in [5.74, 6) is 0.566. The van der Waals surface area contributed by atoms with Gasteiger partial charge in [0.2, 0.25) is 0 Å². The fraction of sp³-hybridized carbons (Fsp3) is 0.263. The molecule has 0 aliphatic carbocycles. The molecule has 156 valence electrons. The van der Waals surface area contributed by atoms with Crippen LogP contribution >= 0.6 is 0 Å². The SMILES string of the molecule is COc1cc(OC)c(/C=N/NC(=O)COc2cccc(C(F)(F)F)c2)c(OC)c1. The Bertz CT molecular complexity index is 859. The van der Waals surface area contributed by atoms with E-state index < -0.39 is 24.3 Å². The van der Waals surface area contributed by atoms with Crippen LogP contribution in [-0.4, -0.2) is 40.1 Å².